The predicted octanol–water partition coefficient (Wildman–Crippen LogP) is 1.55. The van der Waals surface area contributed by atoms with Crippen LogP contribution in [0.5, 0.6) is 5.75 Å². The molecule has 0 aliphatic carbocycles. The van der Waals surface area contributed by atoms with Gasteiger partial charge in [-0.1, -0.05) is 0 Å². The molecule has 4 rings (SSSR count). The molecule has 0 aromatic heterocycles. The minimum absolute atomic E-state index is 0.0327. The second-order valence-electron chi connectivity index (χ2n) is 7.91. The van der Waals surface area contributed by atoms with E-state index in [1.165, 1.54) is 0 Å². The number of hydrogen-bond acceptors (Lipinski definition) is 8. The zero-order valence-electron chi connectivity index (χ0n) is 17.2. The Morgan fingerprint density at radius 1 is 1.41 bits per heavy atom. The number of likely N-dealkylation sites (N-methyl/N-ethyl adjacent to an activating group) is 1. The highest BCUT2D eigenvalue weighted by Crippen LogP contribution is 2.39. The Hall–Kier alpha value is -1.58. The molecule has 0 saturated carbocycles. The Labute approximate surface area is 180 Å². The van der Waals surface area contributed by atoms with Gasteiger partial charge in [0.2, 0.25) is 11.8 Å². The summed E-state index contributed by atoms with van der Waals surface area (Å²) in [6.07, 6.45) is 2.09. The first kappa shape index (κ1) is 20.7. The lowest BCUT2D eigenvalue weighted by Gasteiger charge is -2.44. The minimum Gasteiger partial charge on any atom is -0.507 e. The third-order valence-corrected chi connectivity index (χ3v) is 7.97. The predicted molar refractivity (Wildman–Crippen MR) is 120 cm³/mol. The first-order valence-electron chi connectivity index (χ1n) is 9.75. The van der Waals surface area contributed by atoms with Gasteiger partial charge >= 0.3 is 0 Å². The maximum Gasteiger partial charge on any atom is 0.241 e. The molecule has 1 aromatic rings. The zero-order chi connectivity index (χ0) is 20.7. The number of hydrogen-bond donors (Lipinski definition) is 1. The molecule has 7 nitrogen and oxygen atoms in total. The van der Waals surface area contributed by atoms with E-state index in [2.05, 4.69) is 18.2 Å². The van der Waals surface area contributed by atoms with Gasteiger partial charge < -0.3 is 19.6 Å². The lowest BCUT2D eigenvalue weighted by Crippen LogP contribution is -2.63. The Morgan fingerprint density at radius 2 is 2.21 bits per heavy atom. The molecule has 158 valence electrons. The molecule has 4 atom stereocenters. The van der Waals surface area contributed by atoms with Crippen LogP contribution in [0.2, 0.25) is 0 Å². The molecular formula is C20H28N4O3S2. The molecule has 1 aromatic carbocycles. The van der Waals surface area contributed by atoms with E-state index in [1.54, 1.807) is 17.8 Å². The number of aromatic hydroxyl groups is 1. The molecule has 9 heteroatoms. The second-order valence-corrected chi connectivity index (χ2v) is 9.97. The number of nitrogens with zero attached hydrogens (tertiary/aromatic N) is 4. The minimum atomic E-state index is -0.117. The van der Waals surface area contributed by atoms with E-state index in [9.17, 15) is 9.90 Å². The van der Waals surface area contributed by atoms with E-state index in [0.717, 1.165) is 17.2 Å². The van der Waals surface area contributed by atoms with Gasteiger partial charge in [-0.25, -0.2) is 4.99 Å². The number of aliphatic imine (C=N–C) groups is 1. The number of benzene rings is 1. The molecule has 1 unspecified atom stereocenters. The van der Waals surface area contributed by atoms with Gasteiger partial charge in [-0.05, 0) is 31.5 Å². The fourth-order valence-corrected chi connectivity index (χ4v) is 6.59. The highest BCUT2D eigenvalue weighted by molar-refractivity contribution is 8.00. The van der Waals surface area contributed by atoms with Gasteiger partial charge in [0.1, 0.15) is 18.4 Å². The van der Waals surface area contributed by atoms with Crippen LogP contribution in [-0.4, -0.2) is 102 Å². The Morgan fingerprint density at radius 3 is 2.93 bits per heavy atom. The smallest absolute Gasteiger partial charge is 0.241 e. The topological polar surface area (TPSA) is 68.6 Å². The van der Waals surface area contributed by atoms with Crippen molar-refractivity contribution in [1.29, 1.82) is 0 Å². The number of carbonyl (C=O) groups is 1. The van der Waals surface area contributed by atoms with Crippen molar-refractivity contribution in [3.8, 4) is 5.75 Å². The van der Waals surface area contributed by atoms with Crippen LogP contribution in [0.15, 0.2) is 23.2 Å². The number of phenolic OH excluding ortho intramolecular Hbond substituents is 1. The zero-order valence-corrected chi connectivity index (χ0v) is 18.9. The molecule has 3 aliphatic rings. The van der Waals surface area contributed by atoms with Gasteiger partial charge in [-0.3, -0.25) is 9.69 Å². The molecule has 1 amide bonds. The average Bonchev–Trinajstić information content (AvgIpc) is 3.27. The summed E-state index contributed by atoms with van der Waals surface area (Å²) in [5.74, 6) is 2.59. The van der Waals surface area contributed by atoms with Crippen molar-refractivity contribution in [2.24, 2.45) is 4.99 Å². The van der Waals surface area contributed by atoms with Crippen molar-refractivity contribution in [3.63, 3.8) is 0 Å². The van der Waals surface area contributed by atoms with Crippen LogP contribution in [-0.2, 0) is 9.53 Å². The summed E-state index contributed by atoms with van der Waals surface area (Å²) < 4.78 is 5.84. The number of rotatable bonds is 6. The molecule has 0 radical (unpaired) electrons. The molecular weight excluding hydrogens is 408 g/mol. The van der Waals surface area contributed by atoms with Gasteiger partial charge in [0.25, 0.3) is 0 Å². The number of fused-ring (bicyclic) bond motifs is 2. The SMILES string of the molecule is CSCC1[C@H]2SC[C@@H](C(=O)N1C[C@@H]1COC(c3cc(N(C)C)ccc3O)=N1)N2C. The number of anilines is 1. The highest BCUT2D eigenvalue weighted by Gasteiger charge is 2.50. The van der Waals surface area contributed by atoms with Crippen LogP contribution in [0.4, 0.5) is 5.69 Å². The third kappa shape index (κ3) is 3.80. The quantitative estimate of drug-likeness (QED) is 0.726. The van der Waals surface area contributed by atoms with E-state index in [4.69, 9.17) is 9.73 Å². The Kier molecular flexibility index (Phi) is 5.90. The second kappa shape index (κ2) is 8.28. The van der Waals surface area contributed by atoms with Crippen LogP contribution >= 0.6 is 23.5 Å². The summed E-state index contributed by atoms with van der Waals surface area (Å²) in [6.45, 7) is 0.984. The average molecular weight is 437 g/mol. The van der Waals surface area contributed by atoms with Crippen LogP contribution in [0, 0.1) is 0 Å². The lowest BCUT2D eigenvalue weighted by atomic mass is 10.1. The van der Waals surface area contributed by atoms with Gasteiger partial charge in [0.15, 0.2) is 0 Å². The molecule has 2 saturated heterocycles. The maximum absolute atomic E-state index is 13.1. The first-order valence-corrected chi connectivity index (χ1v) is 12.2. The monoisotopic (exact) mass is 436 g/mol. The molecule has 29 heavy (non-hydrogen) atoms. The first-order chi connectivity index (χ1) is 13.9. The number of piperazine rings is 1. The van der Waals surface area contributed by atoms with Crippen LogP contribution in [0.3, 0.4) is 0 Å². The highest BCUT2D eigenvalue weighted by atomic mass is 32.2. The standard InChI is InChI=1S/C20H28N4O3S2/c1-22(2)13-5-6-17(25)14(7-13)18-21-12(9-27-18)8-24-16(10-28-4)20-23(3)15(11-29-20)19(24)26/h5-7,12,15-16,20,25H,8-11H2,1-4H3/t12-,15+,16?,20-/m1/s1. The molecule has 0 spiro atoms. The normalized spacial score (nSPS) is 29.2. The van der Waals surface area contributed by atoms with Gasteiger partial charge in [0.05, 0.1) is 23.0 Å². The largest absolute Gasteiger partial charge is 0.507 e. The number of ether oxygens (including phenoxy) is 1. The van der Waals surface area contributed by atoms with Crippen molar-refractivity contribution >= 4 is 41.0 Å². The van der Waals surface area contributed by atoms with Gasteiger partial charge in [-0.15, -0.1) is 11.8 Å². The van der Waals surface area contributed by atoms with Crippen molar-refractivity contribution < 1.29 is 14.6 Å². The van der Waals surface area contributed by atoms with E-state index in [1.807, 2.05) is 47.8 Å². The van der Waals surface area contributed by atoms with Crippen LogP contribution in [0.25, 0.3) is 0 Å². The van der Waals surface area contributed by atoms with Gasteiger partial charge in [0, 0.05) is 37.8 Å². The molecule has 1 N–H and O–H groups in total. The van der Waals surface area contributed by atoms with Crippen LogP contribution in [0.1, 0.15) is 5.56 Å². The molecule has 3 heterocycles. The van der Waals surface area contributed by atoms with E-state index in [0.29, 0.717) is 30.0 Å². The summed E-state index contributed by atoms with van der Waals surface area (Å²) in [6, 6.07) is 5.43. The Bertz CT molecular complexity index is 819. The third-order valence-electron chi connectivity index (χ3n) is 5.80. The summed E-state index contributed by atoms with van der Waals surface area (Å²) >= 11 is 3.66. The number of carbonyl (C=O) groups excluding carboxylic acids is 1. The fraction of sp³-hybridized carbons (Fsp3) is 0.600. The number of phenols is 1. The Balaban J connectivity index is 1.54. The summed E-state index contributed by atoms with van der Waals surface area (Å²) in [5.41, 5.74) is 1.56. The van der Waals surface area contributed by atoms with E-state index < -0.39 is 0 Å². The van der Waals surface area contributed by atoms with Crippen molar-refractivity contribution in [2.75, 3.05) is 57.0 Å². The fourth-order valence-electron chi connectivity index (χ4n) is 4.16. The van der Waals surface area contributed by atoms with Crippen molar-refractivity contribution in [2.45, 2.75) is 23.5 Å². The molecule has 3 aliphatic heterocycles. The van der Waals surface area contributed by atoms with E-state index >= 15 is 0 Å². The number of thioether (sulfide) groups is 2. The van der Waals surface area contributed by atoms with Crippen molar-refractivity contribution in [1.82, 2.24) is 9.80 Å². The van der Waals surface area contributed by atoms with E-state index in [-0.39, 0.29) is 29.8 Å². The lowest BCUT2D eigenvalue weighted by molar-refractivity contribution is -0.143. The summed E-state index contributed by atoms with van der Waals surface area (Å²) in [7, 11) is 5.97. The maximum atomic E-state index is 13.1. The number of amides is 1. The molecule has 2 fully saturated rings. The van der Waals surface area contributed by atoms with Crippen molar-refractivity contribution in [3.05, 3.63) is 23.8 Å². The molecule has 2 bridgehead atoms. The summed E-state index contributed by atoms with van der Waals surface area (Å²) in [5, 5.41) is 10.6. The summed E-state index contributed by atoms with van der Waals surface area (Å²) in [4.78, 5) is 24.1. The van der Waals surface area contributed by atoms with Crippen LogP contribution < -0.4 is 4.90 Å². The van der Waals surface area contributed by atoms with Gasteiger partial charge in [-0.2, -0.15) is 11.8 Å².